The highest BCUT2D eigenvalue weighted by molar-refractivity contribution is 7.99. The van der Waals surface area contributed by atoms with Gasteiger partial charge in [0.25, 0.3) is 5.22 Å². The summed E-state index contributed by atoms with van der Waals surface area (Å²) in [7, 11) is -3.54. The van der Waals surface area contributed by atoms with Crippen molar-refractivity contribution < 1.29 is 17.6 Å². The average Bonchev–Trinajstić information content (AvgIpc) is 3.36. The molecule has 0 spiro atoms. The lowest BCUT2D eigenvalue weighted by Crippen LogP contribution is -2.40. The van der Waals surface area contributed by atoms with Gasteiger partial charge in [0.2, 0.25) is 15.9 Å². The second kappa shape index (κ2) is 8.23. The second-order valence-corrected chi connectivity index (χ2v) is 9.31. The van der Waals surface area contributed by atoms with Crippen LogP contribution in [0.3, 0.4) is 0 Å². The third-order valence-corrected chi connectivity index (χ3v) is 7.19. The molecule has 0 aromatic carbocycles. The molecule has 2 aromatic rings. The van der Waals surface area contributed by atoms with Crippen LogP contribution in [0.5, 0.6) is 0 Å². The molecule has 0 radical (unpaired) electrons. The van der Waals surface area contributed by atoms with E-state index in [0.717, 1.165) is 13.1 Å². The first kappa shape index (κ1) is 18.8. The number of rotatable bonds is 6. The van der Waals surface area contributed by atoms with Gasteiger partial charge in [0.1, 0.15) is 9.92 Å². The SMILES string of the molecule is O=S(=O)(c1ccc(Sc2nnc(CN3CCCC3)o2)nc1)N1CCOCC1. The minimum Gasteiger partial charge on any atom is -0.414 e. The highest BCUT2D eigenvalue weighted by atomic mass is 32.2. The Balaban J connectivity index is 1.39. The zero-order valence-electron chi connectivity index (χ0n) is 14.8. The van der Waals surface area contributed by atoms with Gasteiger partial charge in [-0.2, -0.15) is 4.31 Å². The Morgan fingerprint density at radius 2 is 1.85 bits per heavy atom. The molecule has 2 aromatic heterocycles. The molecule has 0 N–H and O–H groups in total. The van der Waals surface area contributed by atoms with Crippen molar-refractivity contribution in [3.8, 4) is 0 Å². The van der Waals surface area contributed by atoms with E-state index in [-0.39, 0.29) is 4.90 Å². The first-order chi connectivity index (χ1) is 13.1. The maximum Gasteiger partial charge on any atom is 0.282 e. The molecule has 9 nitrogen and oxygen atoms in total. The summed E-state index contributed by atoms with van der Waals surface area (Å²) in [5.74, 6) is 0.589. The quantitative estimate of drug-likeness (QED) is 0.694. The monoisotopic (exact) mass is 411 g/mol. The lowest BCUT2D eigenvalue weighted by Gasteiger charge is -2.25. The van der Waals surface area contributed by atoms with Crippen molar-refractivity contribution in [3.05, 3.63) is 24.2 Å². The average molecular weight is 412 g/mol. The van der Waals surface area contributed by atoms with Crippen LogP contribution in [0.2, 0.25) is 0 Å². The lowest BCUT2D eigenvalue weighted by atomic mass is 10.4. The van der Waals surface area contributed by atoms with E-state index in [4.69, 9.17) is 9.15 Å². The smallest absolute Gasteiger partial charge is 0.282 e. The molecule has 4 rings (SSSR count). The van der Waals surface area contributed by atoms with Crippen LogP contribution in [-0.2, 0) is 21.3 Å². The summed E-state index contributed by atoms with van der Waals surface area (Å²) in [6.07, 6.45) is 3.79. The molecule has 2 aliphatic heterocycles. The van der Waals surface area contributed by atoms with Crippen LogP contribution in [0.25, 0.3) is 0 Å². The highest BCUT2D eigenvalue weighted by Crippen LogP contribution is 2.26. The van der Waals surface area contributed by atoms with Gasteiger partial charge < -0.3 is 9.15 Å². The maximum atomic E-state index is 12.6. The second-order valence-electron chi connectivity index (χ2n) is 6.40. The van der Waals surface area contributed by atoms with E-state index >= 15 is 0 Å². The van der Waals surface area contributed by atoms with E-state index in [2.05, 4.69) is 20.1 Å². The number of ether oxygens (including phenoxy) is 1. The Labute approximate surface area is 162 Å². The molecule has 11 heteroatoms. The van der Waals surface area contributed by atoms with Gasteiger partial charge >= 0.3 is 0 Å². The molecule has 2 saturated heterocycles. The van der Waals surface area contributed by atoms with Crippen molar-refractivity contribution in [2.24, 2.45) is 0 Å². The van der Waals surface area contributed by atoms with E-state index in [9.17, 15) is 8.42 Å². The van der Waals surface area contributed by atoms with Crippen molar-refractivity contribution in [1.82, 2.24) is 24.4 Å². The largest absolute Gasteiger partial charge is 0.414 e. The molecule has 0 unspecified atom stereocenters. The summed E-state index contributed by atoms with van der Waals surface area (Å²) in [6.45, 7) is 4.34. The minimum absolute atomic E-state index is 0.175. The summed E-state index contributed by atoms with van der Waals surface area (Å²) >= 11 is 1.22. The van der Waals surface area contributed by atoms with E-state index in [1.807, 2.05) is 0 Å². The van der Waals surface area contributed by atoms with Gasteiger partial charge in [0, 0.05) is 19.3 Å². The molecule has 27 heavy (non-hydrogen) atoms. The fourth-order valence-corrected chi connectivity index (χ4v) is 5.07. The van der Waals surface area contributed by atoms with E-state index in [1.165, 1.54) is 35.1 Å². The fourth-order valence-electron chi connectivity index (χ4n) is 3.08. The summed E-state index contributed by atoms with van der Waals surface area (Å²) in [5, 5.41) is 9.12. The first-order valence-electron chi connectivity index (χ1n) is 8.88. The molecule has 0 saturated carbocycles. The molecule has 146 valence electrons. The van der Waals surface area contributed by atoms with Gasteiger partial charge in [0.05, 0.1) is 19.8 Å². The standard InChI is InChI=1S/C16H21N5O4S2/c22-27(23,21-7-9-24-10-8-21)13-3-4-15(17-11-13)26-16-19-18-14(25-16)12-20-5-1-2-6-20/h3-4,11H,1-2,5-10,12H2. The van der Waals surface area contributed by atoms with Crippen LogP contribution in [-0.4, -0.2) is 72.2 Å². The van der Waals surface area contributed by atoms with Crippen molar-refractivity contribution in [2.75, 3.05) is 39.4 Å². The zero-order chi connectivity index (χ0) is 18.7. The normalized spacial score (nSPS) is 19.6. The summed E-state index contributed by atoms with van der Waals surface area (Å²) in [6, 6.07) is 3.21. The number of hydrogen-bond donors (Lipinski definition) is 0. The van der Waals surface area contributed by atoms with Crippen molar-refractivity contribution in [2.45, 2.75) is 34.5 Å². The van der Waals surface area contributed by atoms with Crippen LogP contribution < -0.4 is 0 Å². The van der Waals surface area contributed by atoms with Gasteiger partial charge in [-0.15, -0.1) is 10.2 Å². The van der Waals surface area contributed by atoms with Crippen LogP contribution in [0, 0.1) is 0 Å². The minimum atomic E-state index is -3.54. The molecule has 0 bridgehead atoms. The van der Waals surface area contributed by atoms with Crippen LogP contribution >= 0.6 is 11.8 Å². The maximum absolute atomic E-state index is 12.6. The first-order valence-corrected chi connectivity index (χ1v) is 11.1. The van der Waals surface area contributed by atoms with E-state index < -0.39 is 10.0 Å². The number of sulfonamides is 1. The molecule has 4 heterocycles. The van der Waals surface area contributed by atoms with Crippen LogP contribution in [0.1, 0.15) is 18.7 Å². The molecular formula is C16H21N5O4S2. The van der Waals surface area contributed by atoms with Gasteiger partial charge in [-0.3, -0.25) is 4.90 Å². The number of pyridine rings is 1. The molecule has 2 aliphatic rings. The predicted molar refractivity (Wildman–Crippen MR) is 96.7 cm³/mol. The molecule has 0 aliphatic carbocycles. The Kier molecular flexibility index (Phi) is 5.74. The molecular weight excluding hydrogens is 390 g/mol. The third-order valence-electron chi connectivity index (χ3n) is 4.51. The van der Waals surface area contributed by atoms with Gasteiger partial charge in [0.15, 0.2) is 0 Å². The molecule has 0 amide bonds. The topological polar surface area (TPSA) is 102 Å². The van der Waals surface area contributed by atoms with Crippen molar-refractivity contribution in [1.29, 1.82) is 0 Å². The predicted octanol–water partition coefficient (Wildman–Crippen LogP) is 1.23. The Hall–Kier alpha value is -1.53. The Morgan fingerprint density at radius 1 is 1.07 bits per heavy atom. The van der Waals surface area contributed by atoms with E-state index in [0.29, 0.717) is 49.0 Å². The zero-order valence-corrected chi connectivity index (χ0v) is 16.4. The van der Waals surface area contributed by atoms with Crippen molar-refractivity contribution in [3.63, 3.8) is 0 Å². The number of aromatic nitrogens is 3. The lowest BCUT2D eigenvalue weighted by molar-refractivity contribution is 0.0730. The van der Waals surface area contributed by atoms with Crippen molar-refractivity contribution >= 4 is 21.8 Å². The van der Waals surface area contributed by atoms with Gasteiger partial charge in [-0.1, -0.05) is 0 Å². The summed E-state index contributed by atoms with van der Waals surface area (Å²) in [5.41, 5.74) is 0. The van der Waals surface area contributed by atoms with Crippen LogP contribution in [0.4, 0.5) is 0 Å². The molecule has 2 fully saturated rings. The van der Waals surface area contributed by atoms with Gasteiger partial charge in [-0.25, -0.2) is 13.4 Å². The third kappa shape index (κ3) is 4.49. The van der Waals surface area contributed by atoms with Crippen LogP contribution in [0.15, 0.2) is 37.9 Å². The Morgan fingerprint density at radius 3 is 2.56 bits per heavy atom. The van der Waals surface area contributed by atoms with E-state index in [1.54, 1.807) is 12.1 Å². The fraction of sp³-hybridized carbons (Fsp3) is 0.562. The summed E-state index contributed by atoms with van der Waals surface area (Å²) < 4.78 is 37.5. The summed E-state index contributed by atoms with van der Waals surface area (Å²) in [4.78, 5) is 6.69. The molecule has 0 atom stereocenters. The number of morpholine rings is 1. The number of likely N-dealkylation sites (tertiary alicyclic amines) is 1. The Bertz CT molecular complexity index is 859. The van der Waals surface area contributed by atoms with Gasteiger partial charge in [-0.05, 0) is 49.8 Å². The highest BCUT2D eigenvalue weighted by Gasteiger charge is 2.26. The number of nitrogens with zero attached hydrogens (tertiary/aromatic N) is 5. The number of hydrogen-bond acceptors (Lipinski definition) is 9.